The zero-order valence-corrected chi connectivity index (χ0v) is 19.2. The van der Waals surface area contributed by atoms with E-state index in [1.54, 1.807) is 7.11 Å². The molecule has 3 fully saturated rings. The Balaban J connectivity index is 1.79. The average Bonchev–Trinajstić information content (AvgIpc) is 2.80. The van der Waals surface area contributed by atoms with Crippen molar-refractivity contribution in [1.29, 1.82) is 0 Å². The van der Waals surface area contributed by atoms with Crippen molar-refractivity contribution < 1.29 is 33.6 Å². The smallest absolute Gasteiger partial charge is 0.308 e. The molecule has 1 aliphatic carbocycles. The van der Waals surface area contributed by atoms with E-state index < -0.39 is 29.9 Å². The molecule has 0 aromatic heterocycles. The van der Waals surface area contributed by atoms with E-state index in [1.165, 1.54) is 0 Å². The first kappa shape index (κ1) is 23.6. The van der Waals surface area contributed by atoms with Crippen LogP contribution in [0.1, 0.15) is 73.1 Å². The number of carbonyl (C=O) groups excluding carboxylic acids is 2. The summed E-state index contributed by atoms with van der Waals surface area (Å²) in [4.78, 5) is 24.3. The predicted octanol–water partition coefficient (Wildman–Crippen LogP) is 3.42. The summed E-state index contributed by atoms with van der Waals surface area (Å²) in [5.41, 5.74) is -1.15. The van der Waals surface area contributed by atoms with Gasteiger partial charge in [-0.15, -0.1) is 0 Å². The minimum atomic E-state index is -1.15. The summed E-state index contributed by atoms with van der Waals surface area (Å²) in [5, 5.41) is 11.9. The van der Waals surface area contributed by atoms with Crippen molar-refractivity contribution in [3.63, 3.8) is 0 Å². The number of hydrogen-bond acceptors (Lipinski definition) is 7. The van der Waals surface area contributed by atoms with Crippen molar-refractivity contribution in [3.05, 3.63) is 0 Å². The summed E-state index contributed by atoms with van der Waals surface area (Å²) in [6, 6.07) is 0. The Hall–Kier alpha value is -1.02. The molecular weight excluding hydrogens is 388 g/mol. The highest BCUT2D eigenvalue weighted by atomic mass is 16.8. The lowest BCUT2D eigenvalue weighted by molar-refractivity contribution is -0.405. The number of aliphatic hydroxyl groups is 1. The Labute approximate surface area is 179 Å². The Morgan fingerprint density at radius 1 is 1.13 bits per heavy atom. The minimum Gasteiger partial charge on any atom is -0.435 e. The number of Topliss-reactive ketones (excluding diaryl/α,β-unsaturated/α-hetero) is 1. The zero-order valence-electron chi connectivity index (χ0n) is 19.2. The SMILES string of the molecule is CO[C@@]1(C)CC[C@H]2[C@H](C)CC[C@H]3[C@@H](C)[C@H](OC(=O)CCC(=O)C(C)C)O[C@H](O1)[C@]32O. The fourth-order valence-corrected chi connectivity index (χ4v) is 5.51. The lowest BCUT2D eigenvalue weighted by Crippen LogP contribution is -2.67. The van der Waals surface area contributed by atoms with Gasteiger partial charge in [0.15, 0.2) is 12.1 Å². The molecule has 0 radical (unpaired) electrons. The van der Waals surface area contributed by atoms with Gasteiger partial charge in [-0.3, -0.25) is 9.59 Å². The van der Waals surface area contributed by atoms with Gasteiger partial charge in [0, 0.05) is 37.7 Å². The van der Waals surface area contributed by atoms with Crippen LogP contribution in [0.3, 0.4) is 0 Å². The van der Waals surface area contributed by atoms with Crippen LogP contribution in [0.4, 0.5) is 0 Å². The van der Waals surface area contributed by atoms with Crippen molar-refractivity contribution in [2.45, 2.75) is 97.1 Å². The van der Waals surface area contributed by atoms with Crippen molar-refractivity contribution in [2.75, 3.05) is 7.11 Å². The Morgan fingerprint density at radius 3 is 2.47 bits per heavy atom. The van der Waals surface area contributed by atoms with Gasteiger partial charge in [0.2, 0.25) is 6.29 Å². The van der Waals surface area contributed by atoms with Gasteiger partial charge >= 0.3 is 5.97 Å². The van der Waals surface area contributed by atoms with Gasteiger partial charge in [-0.05, 0) is 38.0 Å². The molecule has 1 N–H and O–H groups in total. The van der Waals surface area contributed by atoms with Crippen molar-refractivity contribution >= 4 is 11.8 Å². The fraction of sp³-hybridized carbons (Fsp3) is 0.913. The normalized spacial score (nSPS) is 43.6. The first-order valence-corrected chi connectivity index (χ1v) is 11.3. The van der Waals surface area contributed by atoms with Gasteiger partial charge in [-0.1, -0.05) is 27.7 Å². The molecule has 7 nitrogen and oxygen atoms in total. The van der Waals surface area contributed by atoms with Crippen LogP contribution >= 0.6 is 0 Å². The highest BCUT2D eigenvalue weighted by Gasteiger charge is 2.64. The van der Waals surface area contributed by atoms with Crippen LogP contribution in [0.2, 0.25) is 0 Å². The molecule has 2 heterocycles. The summed E-state index contributed by atoms with van der Waals surface area (Å²) in [6.45, 7) is 9.62. The lowest BCUT2D eigenvalue weighted by Gasteiger charge is -2.57. The highest BCUT2D eigenvalue weighted by molar-refractivity contribution is 5.84. The van der Waals surface area contributed by atoms with Gasteiger partial charge in [0.1, 0.15) is 11.4 Å². The second-order valence-electron chi connectivity index (χ2n) is 9.96. The molecule has 0 amide bonds. The van der Waals surface area contributed by atoms with Crippen LogP contribution in [0.25, 0.3) is 0 Å². The van der Waals surface area contributed by atoms with E-state index in [1.807, 2.05) is 27.7 Å². The largest absolute Gasteiger partial charge is 0.435 e. The highest BCUT2D eigenvalue weighted by Crippen LogP contribution is 2.56. The van der Waals surface area contributed by atoms with Gasteiger partial charge in [-0.2, -0.15) is 0 Å². The Bertz CT molecular complexity index is 649. The number of ether oxygens (including phenoxy) is 4. The van der Waals surface area contributed by atoms with E-state index >= 15 is 0 Å². The number of methoxy groups -OCH3 is 1. The first-order chi connectivity index (χ1) is 14.0. The molecule has 1 saturated carbocycles. The Kier molecular flexibility index (Phi) is 6.97. The molecule has 172 valence electrons. The van der Waals surface area contributed by atoms with Gasteiger partial charge in [-0.25, -0.2) is 0 Å². The van der Waals surface area contributed by atoms with Crippen LogP contribution in [0.5, 0.6) is 0 Å². The quantitative estimate of drug-likeness (QED) is 0.651. The van der Waals surface area contributed by atoms with Crippen LogP contribution in [0, 0.1) is 29.6 Å². The van der Waals surface area contributed by atoms with Gasteiger partial charge in [0.05, 0.1) is 6.42 Å². The summed E-state index contributed by atoms with van der Waals surface area (Å²) in [5.74, 6) is -1.32. The second kappa shape index (κ2) is 8.85. The third kappa shape index (κ3) is 4.31. The van der Waals surface area contributed by atoms with Crippen molar-refractivity contribution in [2.24, 2.45) is 29.6 Å². The van der Waals surface area contributed by atoms with Crippen molar-refractivity contribution in [1.82, 2.24) is 0 Å². The number of rotatable bonds is 6. The molecule has 30 heavy (non-hydrogen) atoms. The third-order valence-electron chi connectivity index (χ3n) is 7.67. The van der Waals surface area contributed by atoms with Crippen LogP contribution in [-0.4, -0.2) is 47.9 Å². The topological polar surface area (TPSA) is 91.3 Å². The molecule has 2 aliphatic heterocycles. The summed E-state index contributed by atoms with van der Waals surface area (Å²) < 4.78 is 23.6. The number of hydrogen-bond donors (Lipinski definition) is 1. The van der Waals surface area contributed by atoms with E-state index in [9.17, 15) is 14.7 Å². The van der Waals surface area contributed by atoms with E-state index in [0.29, 0.717) is 12.3 Å². The fourth-order valence-electron chi connectivity index (χ4n) is 5.51. The molecule has 7 heteroatoms. The molecule has 8 atom stereocenters. The summed E-state index contributed by atoms with van der Waals surface area (Å²) >= 11 is 0. The zero-order chi connectivity index (χ0) is 22.3. The first-order valence-electron chi connectivity index (χ1n) is 11.3. The number of ketones is 1. The van der Waals surface area contributed by atoms with Crippen LogP contribution in [-0.2, 0) is 28.5 Å². The third-order valence-corrected chi connectivity index (χ3v) is 7.67. The summed E-state index contributed by atoms with van der Waals surface area (Å²) in [7, 11) is 1.59. The maximum atomic E-state index is 12.4. The number of carbonyl (C=O) groups is 2. The summed E-state index contributed by atoms with van der Waals surface area (Å²) in [6.07, 6.45) is 1.69. The Morgan fingerprint density at radius 2 is 1.83 bits per heavy atom. The molecule has 0 aromatic carbocycles. The molecule has 0 spiro atoms. The van der Waals surface area contributed by atoms with Crippen LogP contribution < -0.4 is 0 Å². The van der Waals surface area contributed by atoms with Crippen LogP contribution in [0.15, 0.2) is 0 Å². The van der Waals surface area contributed by atoms with E-state index in [4.69, 9.17) is 18.9 Å². The minimum absolute atomic E-state index is 0.0273. The molecule has 3 rings (SSSR count). The molecular formula is C23H38O7. The molecule has 3 aliphatic rings. The maximum Gasteiger partial charge on any atom is 0.308 e. The van der Waals surface area contributed by atoms with E-state index in [2.05, 4.69) is 6.92 Å². The molecule has 0 aromatic rings. The van der Waals surface area contributed by atoms with Gasteiger partial charge in [0.25, 0.3) is 0 Å². The van der Waals surface area contributed by atoms with E-state index in [0.717, 1.165) is 19.3 Å². The molecule has 0 unspecified atom stereocenters. The standard InChI is InChI=1S/C23H38O7/c1-13(2)18(24)9-10-19(25)28-20-15(4)17-8-7-14(3)16-11-12-22(5,27-6)30-21(29-20)23(16,17)26/h13-17,20-21,26H,7-12H2,1-6H3/t14-,15-,16+,17+,20-,21-,22-,23-/m1/s1. The van der Waals surface area contributed by atoms with Gasteiger partial charge < -0.3 is 24.1 Å². The van der Waals surface area contributed by atoms with Crippen molar-refractivity contribution in [3.8, 4) is 0 Å². The molecule has 0 bridgehead atoms. The average molecular weight is 427 g/mol. The molecule has 2 saturated heterocycles. The van der Waals surface area contributed by atoms with E-state index in [-0.39, 0.29) is 42.3 Å². The predicted molar refractivity (Wildman–Crippen MR) is 109 cm³/mol. The lowest BCUT2D eigenvalue weighted by atomic mass is 9.58. The number of esters is 1. The monoisotopic (exact) mass is 426 g/mol. The second-order valence-corrected chi connectivity index (χ2v) is 9.96. The maximum absolute atomic E-state index is 12.4.